The summed E-state index contributed by atoms with van der Waals surface area (Å²) in [7, 11) is 0. The van der Waals surface area contributed by atoms with Gasteiger partial charge in [-0.3, -0.25) is 0 Å². The molecule has 2 N–H and O–H groups in total. The second-order valence-electron chi connectivity index (χ2n) is 5.65. The smallest absolute Gasteiger partial charge is 0.387 e. The van der Waals surface area contributed by atoms with E-state index in [1.807, 2.05) is 13.0 Å². The highest BCUT2D eigenvalue weighted by Crippen LogP contribution is 2.24. The Morgan fingerprint density at radius 1 is 1.24 bits per heavy atom. The highest BCUT2D eigenvalue weighted by molar-refractivity contribution is 5.30. The molecule has 3 atom stereocenters. The molecule has 1 saturated carbocycles. The summed E-state index contributed by atoms with van der Waals surface area (Å²) in [6, 6.07) is 6.75. The number of hydrogen-bond acceptors (Lipinski definition) is 3. The van der Waals surface area contributed by atoms with Gasteiger partial charge in [-0.05, 0) is 37.5 Å². The van der Waals surface area contributed by atoms with Crippen LogP contribution in [0.25, 0.3) is 0 Å². The molecule has 0 aromatic heterocycles. The van der Waals surface area contributed by atoms with E-state index in [1.54, 1.807) is 12.1 Å². The number of hydrogen-bond donors (Lipinski definition) is 2. The summed E-state index contributed by atoms with van der Waals surface area (Å²) in [6.07, 6.45) is 4.75. The lowest BCUT2D eigenvalue weighted by atomic mass is 10.0. The van der Waals surface area contributed by atoms with Crippen LogP contribution >= 0.6 is 0 Å². The monoisotopic (exact) mass is 299 g/mol. The molecule has 0 aliphatic heterocycles. The molecule has 0 bridgehead atoms. The topological polar surface area (TPSA) is 41.5 Å². The van der Waals surface area contributed by atoms with Crippen LogP contribution in [0, 0.1) is 0 Å². The minimum absolute atomic E-state index is 0.0241. The first-order valence-electron chi connectivity index (χ1n) is 7.55. The molecule has 5 heteroatoms. The summed E-state index contributed by atoms with van der Waals surface area (Å²) in [5, 5.41) is 13.5. The predicted octanol–water partition coefficient (Wildman–Crippen LogP) is 3.63. The predicted molar refractivity (Wildman–Crippen MR) is 77.5 cm³/mol. The zero-order chi connectivity index (χ0) is 15.2. The van der Waals surface area contributed by atoms with Crippen molar-refractivity contribution in [2.24, 2.45) is 0 Å². The summed E-state index contributed by atoms with van der Waals surface area (Å²) in [5.74, 6) is 0.164. The van der Waals surface area contributed by atoms with Gasteiger partial charge in [-0.1, -0.05) is 31.4 Å². The molecule has 0 amide bonds. The summed E-state index contributed by atoms with van der Waals surface area (Å²) in [4.78, 5) is 0. The van der Waals surface area contributed by atoms with Crippen LogP contribution in [-0.2, 0) is 0 Å². The van der Waals surface area contributed by atoms with Crippen LogP contribution in [0.5, 0.6) is 5.75 Å². The van der Waals surface area contributed by atoms with Crippen molar-refractivity contribution in [3.05, 3.63) is 29.8 Å². The average molecular weight is 299 g/mol. The number of aliphatic hydroxyl groups is 1. The SMILES string of the molecule is CC(NC1CCCCCC1O)c1cccc(OC(F)F)c1. The lowest BCUT2D eigenvalue weighted by molar-refractivity contribution is -0.0499. The number of aliphatic hydroxyl groups excluding tert-OH is 1. The summed E-state index contributed by atoms with van der Waals surface area (Å²) in [5.41, 5.74) is 0.879. The fraction of sp³-hybridized carbons (Fsp3) is 0.625. The lowest BCUT2D eigenvalue weighted by Crippen LogP contribution is -2.40. The van der Waals surface area contributed by atoms with Gasteiger partial charge in [-0.25, -0.2) is 0 Å². The molecule has 1 aliphatic carbocycles. The van der Waals surface area contributed by atoms with E-state index in [1.165, 1.54) is 6.07 Å². The molecule has 1 aromatic rings. The molecule has 3 nitrogen and oxygen atoms in total. The Morgan fingerprint density at radius 2 is 2.00 bits per heavy atom. The van der Waals surface area contributed by atoms with E-state index >= 15 is 0 Å². The number of alkyl halides is 2. The standard InChI is InChI=1S/C16H23F2NO2/c1-11(19-14-8-3-2-4-9-15(14)20)12-6-5-7-13(10-12)21-16(17)18/h5-7,10-11,14-16,19-20H,2-4,8-9H2,1H3. The van der Waals surface area contributed by atoms with Gasteiger partial charge < -0.3 is 15.2 Å². The van der Waals surface area contributed by atoms with Gasteiger partial charge in [-0.2, -0.15) is 8.78 Å². The van der Waals surface area contributed by atoms with Crippen molar-refractivity contribution in [1.82, 2.24) is 5.32 Å². The quantitative estimate of drug-likeness (QED) is 0.816. The Bertz CT molecular complexity index is 442. The maximum Gasteiger partial charge on any atom is 0.387 e. The molecule has 1 aromatic carbocycles. The largest absolute Gasteiger partial charge is 0.435 e. The van der Waals surface area contributed by atoms with Crippen molar-refractivity contribution < 1.29 is 18.6 Å². The number of rotatable bonds is 5. The Morgan fingerprint density at radius 3 is 2.76 bits per heavy atom. The second kappa shape index (κ2) is 7.71. The normalized spacial score (nSPS) is 24.6. The molecule has 0 radical (unpaired) electrons. The Labute approximate surface area is 124 Å². The van der Waals surface area contributed by atoms with Gasteiger partial charge in [0, 0.05) is 12.1 Å². The number of nitrogens with one attached hydrogen (secondary N) is 1. The Kier molecular flexibility index (Phi) is 5.94. The molecule has 1 aliphatic rings. The van der Waals surface area contributed by atoms with E-state index in [0.29, 0.717) is 0 Å². The highest BCUT2D eigenvalue weighted by atomic mass is 19.3. The second-order valence-corrected chi connectivity index (χ2v) is 5.65. The average Bonchev–Trinajstić information content (AvgIpc) is 2.64. The van der Waals surface area contributed by atoms with E-state index in [9.17, 15) is 13.9 Å². The van der Waals surface area contributed by atoms with Gasteiger partial charge in [-0.15, -0.1) is 0 Å². The van der Waals surface area contributed by atoms with Crippen LogP contribution in [0.3, 0.4) is 0 Å². The van der Waals surface area contributed by atoms with E-state index in [0.717, 1.165) is 37.7 Å². The number of halogens is 2. The highest BCUT2D eigenvalue weighted by Gasteiger charge is 2.23. The summed E-state index contributed by atoms with van der Waals surface area (Å²) >= 11 is 0. The zero-order valence-corrected chi connectivity index (χ0v) is 12.3. The molecule has 0 heterocycles. The molecule has 0 spiro atoms. The number of ether oxygens (including phenoxy) is 1. The molecular weight excluding hydrogens is 276 g/mol. The third kappa shape index (κ3) is 4.93. The van der Waals surface area contributed by atoms with Crippen LogP contribution in [-0.4, -0.2) is 23.9 Å². The van der Waals surface area contributed by atoms with Crippen LogP contribution in [0.4, 0.5) is 8.78 Å². The van der Waals surface area contributed by atoms with Crippen LogP contribution in [0.2, 0.25) is 0 Å². The van der Waals surface area contributed by atoms with E-state index in [4.69, 9.17) is 0 Å². The van der Waals surface area contributed by atoms with Crippen LogP contribution in [0.1, 0.15) is 50.6 Å². The third-order valence-electron chi connectivity index (χ3n) is 4.03. The molecule has 1 fully saturated rings. The first kappa shape index (κ1) is 16.2. The maximum atomic E-state index is 12.3. The van der Waals surface area contributed by atoms with Crippen molar-refractivity contribution in [3.8, 4) is 5.75 Å². The van der Waals surface area contributed by atoms with Crippen LogP contribution < -0.4 is 10.1 Å². The molecule has 0 saturated heterocycles. The first-order valence-corrected chi connectivity index (χ1v) is 7.55. The fourth-order valence-corrected chi connectivity index (χ4v) is 2.86. The third-order valence-corrected chi connectivity index (χ3v) is 4.03. The zero-order valence-electron chi connectivity index (χ0n) is 12.3. The molecular formula is C16H23F2NO2. The molecule has 2 rings (SSSR count). The Balaban J connectivity index is 2.00. The summed E-state index contributed by atoms with van der Waals surface area (Å²) in [6.45, 7) is -0.841. The van der Waals surface area contributed by atoms with Crippen LogP contribution in [0.15, 0.2) is 24.3 Å². The maximum absolute atomic E-state index is 12.3. The van der Waals surface area contributed by atoms with Crippen molar-refractivity contribution in [2.75, 3.05) is 0 Å². The van der Waals surface area contributed by atoms with E-state index in [-0.39, 0.29) is 23.9 Å². The van der Waals surface area contributed by atoms with Gasteiger partial charge in [0.05, 0.1) is 6.10 Å². The van der Waals surface area contributed by atoms with Crippen molar-refractivity contribution in [2.45, 2.75) is 63.8 Å². The van der Waals surface area contributed by atoms with Gasteiger partial charge in [0.15, 0.2) is 0 Å². The van der Waals surface area contributed by atoms with Gasteiger partial charge in [0.2, 0.25) is 0 Å². The lowest BCUT2D eigenvalue weighted by Gasteiger charge is -2.26. The van der Waals surface area contributed by atoms with Gasteiger partial charge in [0.25, 0.3) is 0 Å². The Hall–Kier alpha value is -1.20. The summed E-state index contributed by atoms with van der Waals surface area (Å²) < 4.78 is 28.9. The first-order chi connectivity index (χ1) is 10.1. The van der Waals surface area contributed by atoms with E-state index in [2.05, 4.69) is 10.1 Å². The molecule has 3 unspecified atom stereocenters. The minimum Gasteiger partial charge on any atom is -0.435 e. The van der Waals surface area contributed by atoms with Crippen molar-refractivity contribution >= 4 is 0 Å². The van der Waals surface area contributed by atoms with E-state index < -0.39 is 6.61 Å². The fourth-order valence-electron chi connectivity index (χ4n) is 2.86. The van der Waals surface area contributed by atoms with Gasteiger partial charge in [0.1, 0.15) is 5.75 Å². The minimum atomic E-state index is -2.81. The molecule has 118 valence electrons. The van der Waals surface area contributed by atoms with Crippen molar-refractivity contribution in [3.63, 3.8) is 0 Å². The number of benzene rings is 1. The van der Waals surface area contributed by atoms with Gasteiger partial charge >= 0.3 is 6.61 Å². The van der Waals surface area contributed by atoms with Crippen molar-refractivity contribution in [1.29, 1.82) is 0 Å². The molecule has 21 heavy (non-hydrogen) atoms.